The number of hydrogen-bond donors (Lipinski definition) is 0. The molecular formula is C9H13F9P+. The maximum absolute atomic E-state index is 13.0. The molecule has 0 aliphatic heterocycles. The molecule has 10 heteroatoms. The van der Waals surface area contributed by atoms with Gasteiger partial charge in [0.05, 0.1) is 0 Å². The van der Waals surface area contributed by atoms with Gasteiger partial charge in [0.25, 0.3) is 0 Å². The topological polar surface area (TPSA) is 0 Å². The van der Waals surface area contributed by atoms with Crippen molar-refractivity contribution in [3.63, 3.8) is 0 Å². The summed E-state index contributed by atoms with van der Waals surface area (Å²) < 4.78 is 112. The third-order valence-electron chi connectivity index (χ3n) is 2.32. The van der Waals surface area contributed by atoms with Crippen molar-refractivity contribution in [2.75, 3.05) is 0 Å². The van der Waals surface area contributed by atoms with Crippen molar-refractivity contribution >= 4 is 8.58 Å². The van der Waals surface area contributed by atoms with Crippen LogP contribution < -0.4 is 0 Å². The van der Waals surface area contributed by atoms with Crippen LogP contribution in [0.3, 0.4) is 0 Å². The molecule has 0 heterocycles. The fourth-order valence-electron chi connectivity index (χ4n) is 1.16. The summed E-state index contributed by atoms with van der Waals surface area (Å²) in [5.41, 5.74) is -5.61. The van der Waals surface area contributed by atoms with E-state index in [-0.39, 0.29) is 6.42 Å². The van der Waals surface area contributed by atoms with Crippen molar-refractivity contribution in [2.24, 2.45) is 0 Å². The molecule has 0 aromatic heterocycles. The molecule has 0 saturated carbocycles. The zero-order chi connectivity index (χ0) is 15.5. The van der Waals surface area contributed by atoms with Crippen LogP contribution in [0, 0.1) is 0 Å². The molecule has 0 aliphatic rings. The molecule has 3 atom stereocenters. The maximum Gasteiger partial charge on any atom is 0.464 e. The van der Waals surface area contributed by atoms with Gasteiger partial charge in [-0.3, -0.25) is 0 Å². The Morgan fingerprint density at radius 3 is 1.79 bits per heavy atom. The minimum Gasteiger partial charge on any atom is -0.240 e. The third kappa shape index (κ3) is 4.68. The molecule has 3 unspecified atom stereocenters. The van der Waals surface area contributed by atoms with E-state index >= 15 is 0 Å². The van der Waals surface area contributed by atoms with Crippen LogP contribution in [0.15, 0.2) is 0 Å². The van der Waals surface area contributed by atoms with Crippen molar-refractivity contribution in [1.29, 1.82) is 0 Å². The van der Waals surface area contributed by atoms with Crippen LogP contribution in [0.1, 0.15) is 26.2 Å². The van der Waals surface area contributed by atoms with Gasteiger partial charge in [0.15, 0.2) is 6.17 Å². The summed E-state index contributed by atoms with van der Waals surface area (Å²) in [6.45, 7) is 1.60. The Balaban J connectivity index is 4.77. The molecule has 0 aromatic rings. The Bertz CT molecular complexity index is 275. The molecule has 0 aliphatic carbocycles. The van der Waals surface area contributed by atoms with Gasteiger partial charge in [0.2, 0.25) is 5.91 Å². The number of rotatable bonds is 7. The van der Waals surface area contributed by atoms with E-state index in [1.54, 1.807) is 6.92 Å². The monoisotopic (exact) mass is 323 g/mol. The average molecular weight is 323 g/mol. The highest BCUT2D eigenvalue weighted by Gasteiger charge is 2.77. The van der Waals surface area contributed by atoms with E-state index in [2.05, 4.69) is 0 Å². The number of alkyl halides is 9. The first-order valence-electron chi connectivity index (χ1n) is 5.33. The summed E-state index contributed by atoms with van der Waals surface area (Å²) in [5, 5.41) is 0. The van der Waals surface area contributed by atoms with Crippen LogP contribution in [0.2, 0.25) is 0 Å². The number of hydrogen-bond acceptors (Lipinski definition) is 0. The van der Waals surface area contributed by atoms with Gasteiger partial charge in [0.1, 0.15) is 8.58 Å². The molecule has 19 heavy (non-hydrogen) atoms. The van der Waals surface area contributed by atoms with E-state index in [9.17, 15) is 39.5 Å². The predicted molar refractivity (Wildman–Crippen MR) is 55.0 cm³/mol. The minimum absolute atomic E-state index is 0.127. The largest absolute Gasteiger partial charge is 0.464 e. The Morgan fingerprint density at radius 2 is 1.42 bits per heavy atom. The molecule has 0 nitrogen and oxygen atoms in total. The van der Waals surface area contributed by atoms with Crippen LogP contribution in [-0.4, -0.2) is 29.8 Å². The zero-order valence-electron chi connectivity index (χ0n) is 9.76. The second-order valence-electron chi connectivity index (χ2n) is 3.96. The van der Waals surface area contributed by atoms with E-state index < -0.39 is 44.8 Å². The average Bonchev–Trinajstić information content (AvgIpc) is 2.23. The van der Waals surface area contributed by atoms with Crippen LogP contribution in [0.5, 0.6) is 0 Å². The summed E-state index contributed by atoms with van der Waals surface area (Å²) in [6, 6.07) is 0. The van der Waals surface area contributed by atoms with Crippen LogP contribution >= 0.6 is 8.58 Å². The Morgan fingerprint density at radius 1 is 0.947 bits per heavy atom. The second-order valence-corrected chi connectivity index (χ2v) is 5.66. The van der Waals surface area contributed by atoms with Gasteiger partial charge in [-0.1, -0.05) is 19.8 Å². The van der Waals surface area contributed by atoms with Crippen LogP contribution in [0.4, 0.5) is 39.5 Å². The fraction of sp³-hybridized carbons (Fsp3) is 1.00. The summed E-state index contributed by atoms with van der Waals surface area (Å²) in [7, 11) is -3.37. The van der Waals surface area contributed by atoms with E-state index in [1.165, 1.54) is 0 Å². The molecule has 0 aromatic carbocycles. The molecule has 0 spiro atoms. The SMILES string of the molecule is CCCCC(F)C(F)[PH2+]C(F)(F)C(F)(F)C(F)(F)F. The highest BCUT2D eigenvalue weighted by atomic mass is 31.1. The standard InChI is InChI=1S/C9H12F9P/c1-2-3-4-5(10)6(11)19-9(17,18)7(12,13)8(14,15)16/h5-6,19H,2-4H2,1H3/p+1. The van der Waals surface area contributed by atoms with Crippen LogP contribution in [0.25, 0.3) is 0 Å². The first kappa shape index (κ1) is 18.8. The van der Waals surface area contributed by atoms with Gasteiger partial charge < -0.3 is 0 Å². The van der Waals surface area contributed by atoms with Crippen molar-refractivity contribution in [3.05, 3.63) is 0 Å². The van der Waals surface area contributed by atoms with E-state index in [0.717, 1.165) is 0 Å². The van der Waals surface area contributed by atoms with Gasteiger partial charge in [-0.2, -0.15) is 35.1 Å². The molecule has 0 saturated heterocycles. The highest BCUT2D eigenvalue weighted by molar-refractivity contribution is 7.40. The molecule has 0 radical (unpaired) electrons. The summed E-state index contributed by atoms with van der Waals surface area (Å²) in [5.74, 6) is -9.35. The Kier molecular flexibility index (Phi) is 6.43. The fourth-order valence-corrected chi connectivity index (χ4v) is 2.33. The molecule has 0 amide bonds. The molecule has 0 fully saturated rings. The van der Waals surface area contributed by atoms with E-state index in [0.29, 0.717) is 6.42 Å². The van der Waals surface area contributed by atoms with E-state index in [4.69, 9.17) is 0 Å². The quantitative estimate of drug-likeness (QED) is 0.456. The van der Waals surface area contributed by atoms with Gasteiger partial charge in [-0.25, -0.2) is 4.39 Å². The lowest BCUT2D eigenvalue weighted by Crippen LogP contribution is -2.50. The first-order chi connectivity index (χ1) is 8.37. The first-order valence-corrected chi connectivity index (χ1v) is 6.57. The van der Waals surface area contributed by atoms with Gasteiger partial charge in [-0.05, 0) is 6.42 Å². The van der Waals surface area contributed by atoms with Gasteiger partial charge in [0, 0.05) is 0 Å². The van der Waals surface area contributed by atoms with E-state index in [1.807, 2.05) is 0 Å². The van der Waals surface area contributed by atoms with Gasteiger partial charge in [-0.15, -0.1) is 0 Å². The summed E-state index contributed by atoms with van der Waals surface area (Å²) in [6.07, 6.45) is -8.90. The lowest BCUT2D eigenvalue weighted by atomic mass is 10.2. The molecule has 0 N–H and O–H groups in total. The number of halogens is 9. The smallest absolute Gasteiger partial charge is 0.240 e. The molecule has 0 rings (SSSR count). The third-order valence-corrected chi connectivity index (χ3v) is 3.84. The van der Waals surface area contributed by atoms with Crippen molar-refractivity contribution in [3.8, 4) is 0 Å². The Labute approximate surface area is 105 Å². The Hall–Kier alpha value is -0.200. The van der Waals surface area contributed by atoms with Crippen molar-refractivity contribution < 1.29 is 39.5 Å². The summed E-state index contributed by atoms with van der Waals surface area (Å²) >= 11 is 0. The molecule has 116 valence electrons. The number of unbranched alkanes of at least 4 members (excludes halogenated alkanes) is 1. The molecule has 0 bridgehead atoms. The van der Waals surface area contributed by atoms with Crippen LogP contribution in [-0.2, 0) is 0 Å². The summed E-state index contributed by atoms with van der Waals surface area (Å²) in [4.78, 5) is 0. The lowest BCUT2D eigenvalue weighted by molar-refractivity contribution is -0.331. The van der Waals surface area contributed by atoms with Crippen molar-refractivity contribution in [1.82, 2.24) is 0 Å². The highest BCUT2D eigenvalue weighted by Crippen LogP contribution is 2.56. The zero-order valence-corrected chi connectivity index (χ0v) is 10.9. The molecular weight excluding hydrogens is 310 g/mol. The normalized spacial score (nSPS) is 18.0. The minimum atomic E-state index is -6.50. The lowest BCUT2D eigenvalue weighted by Gasteiger charge is -2.25. The second kappa shape index (κ2) is 6.50. The predicted octanol–water partition coefficient (Wildman–Crippen LogP) is 5.01. The maximum atomic E-state index is 13.0. The van der Waals surface area contributed by atoms with Crippen molar-refractivity contribution in [2.45, 2.75) is 56.0 Å². The van der Waals surface area contributed by atoms with Gasteiger partial charge >= 0.3 is 17.8 Å².